The molecule has 19 heavy (non-hydrogen) atoms. The lowest BCUT2D eigenvalue weighted by Gasteiger charge is -2.09. The molecule has 0 aliphatic carbocycles. The molecule has 0 heterocycles. The number of halogens is 2. The van der Waals surface area contributed by atoms with Crippen molar-refractivity contribution >= 4 is 5.96 Å². The van der Waals surface area contributed by atoms with E-state index < -0.39 is 11.6 Å². The molecule has 0 spiro atoms. The number of nitrogens with zero attached hydrogens (tertiary/aromatic N) is 1. The molecule has 0 unspecified atom stereocenters. The summed E-state index contributed by atoms with van der Waals surface area (Å²) >= 11 is 0. The normalized spacial score (nSPS) is 10.9. The van der Waals surface area contributed by atoms with E-state index >= 15 is 0 Å². The molecule has 1 aromatic rings. The van der Waals surface area contributed by atoms with Crippen LogP contribution in [0.2, 0.25) is 0 Å². The predicted molar refractivity (Wildman–Crippen MR) is 72.9 cm³/mol. The summed E-state index contributed by atoms with van der Waals surface area (Å²) in [5.74, 6) is 1.88. The van der Waals surface area contributed by atoms with E-state index in [9.17, 15) is 8.78 Å². The molecule has 0 saturated carbocycles. The SMILES string of the molecule is C#CCNC(=NCCc1c(F)cccc1F)NCC. The van der Waals surface area contributed by atoms with Crippen LogP contribution in [0, 0.1) is 24.0 Å². The fourth-order valence-electron chi connectivity index (χ4n) is 1.53. The van der Waals surface area contributed by atoms with Gasteiger partial charge in [-0.15, -0.1) is 6.42 Å². The van der Waals surface area contributed by atoms with Crippen molar-refractivity contribution in [2.24, 2.45) is 4.99 Å². The largest absolute Gasteiger partial charge is 0.357 e. The molecule has 0 amide bonds. The fourth-order valence-corrected chi connectivity index (χ4v) is 1.53. The highest BCUT2D eigenvalue weighted by Crippen LogP contribution is 2.12. The van der Waals surface area contributed by atoms with Gasteiger partial charge in [-0.3, -0.25) is 4.99 Å². The molecule has 102 valence electrons. The topological polar surface area (TPSA) is 36.4 Å². The predicted octanol–water partition coefficient (Wildman–Crippen LogP) is 1.70. The van der Waals surface area contributed by atoms with Crippen LogP contribution < -0.4 is 10.6 Å². The summed E-state index contributed by atoms with van der Waals surface area (Å²) in [6.07, 6.45) is 5.34. The number of aliphatic imine (C=N–C) groups is 1. The first-order valence-electron chi connectivity index (χ1n) is 6.07. The Morgan fingerprint density at radius 3 is 2.58 bits per heavy atom. The summed E-state index contributed by atoms with van der Waals surface area (Å²) in [6, 6.07) is 3.82. The van der Waals surface area contributed by atoms with Gasteiger partial charge in [0.15, 0.2) is 5.96 Å². The molecular weight excluding hydrogens is 248 g/mol. The van der Waals surface area contributed by atoms with Crippen molar-refractivity contribution < 1.29 is 8.78 Å². The van der Waals surface area contributed by atoms with Gasteiger partial charge in [0, 0.05) is 18.7 Å². The van der Waals surface area contributed by atoms with Crippen molar-refractivity contribution in [1.82, 2.24) is 10.6 Å². The van der Waals surface area contributed by atoms with E-state index in [0.29, 0.717) is 19.0 Å². The second-order valence-electron chi connectivity index (χ2n) is 3.77. The van der Waals surface area contributed by atoms with Crippen LogP contribution in [0.1, 0.15) is 12.5 Å². The molecular formula is C14H17F2N3. The number of terminal acetylenes is 1. The number of nitrogens with one attached hydrogen (secondary N) is 2. The van der Waals surface area contributed by atoms with E-state index in [1.807, 2.05) is 6.92 Å². The Morgan fingerprint density at radius 1 is 1.32 bits per heavy atom. The van der Waals surface area contributed by atoms with Gasteiger partial charge < -0.3 is 10.6 Å². The molecule has 0 aromatic heterocycles. The van der Waals surface area contributed by atoms with Gasteiger partial charge in [0.25, 0.3) is 0 Å². The number of benzene rings is 1. The average molecular weight is 265 g/mol. The summed E-state index contributed by atoms with van der Waals surface area (Å²) in [5.41, 5.74) is 0.0547. The zero-order valence-corrected chi connectivity index (χ0v) is 10.8. The van der Waals surface area contributed by atoms with Crippen LogP contribution in [0.4, 0.5) is 8.78 Å². The Morgan fingerprint density at radius 2 is 2.00 bits per heavy atom. The van der Waals surface area contributed by atoms with Crippen LogP contribution >= 0.6 is 0 Å². The first kappa shape index (κ1) is 15.0. The summed E-state index contributed by atoms with van der Waals surface area (Å²) in [6.45, 7) is 3.23. The maximum absolute atomic E-state index is 13.4. The summed E-state index contributed by atoms with van der Waals surface area (Å²) in [4.78, 5) is 4.19. The zero-order chi connectivity index (χ0) is 14.1. The Bertz CT molecular complexity index is 458. The van der Waals surface area contributed by atoms with Crippen molar-refractivity contribution in [3.8, 4) is 12.3 Å². The highest BCUT2D eigenvalue weighted by molar-refractivity contribution is 5.79. The van der Waals surface area contributed by atoms with Crippen LogP contribution in [0.15, 0.2) is 23.2 Å². The van der Waals surface area contributed by atoms with E-state index in [1.165, 1.54) is 18.2 Å². The quantitative estimate of drug-likeness (QED) is 0.483. The summed E-state index contributed by atoms with van der Waals surface area (Å²) in [5, 5.41) is 5.89. The lowest BCUT2D eigenvalue weighted by molar-refractivity contribution is 0.555. The number of hydrogen-bond acceptors (Lipinski definition) is 1. The molecule has 3 nitrogen and oxygen atoms in total. The van der Waals surface area contributed by atoms with Gasteiger partial charge in [-0.1, -0.05) is 12.0 Å². The Hall–Kier alpha value is -2.09. The third kappa shape index (κ3) is 4.96. The second-order valence-corrected chi connectivity index (χ2v) is 3.77. The Kier molecular flexibility index (Phi) is 6.37. The summed E-state index contributed by atoms with van der Waals surface area (Å²) in [7, 11) is 0. The van der Waals surface area contributed by atoms with Gasteiger partial charge in [-0.25, -0.2) is 8.78 Å². The standard InChI is InChI=1S/C14H17F2N3/c1-3-9-18-14(17-4-2)19-10-8-11-12(15)6-5-7-13(11)16/h1,5-7H,4,8-10H2,2H3,(H2,17,18,19). The van der Waals surface area contributed by atoms with E-state index in [2.05, 4.69) is 21.5 Å². The molecule has 0 atom stereocenters. The Labute approximate surface area is 112 Å². The van der Waals surface area contributed by atoms with Gasteiger partial charge in [0.1, 0.15) is 11.6 Å². The zero-order valence-electron chi connectivity index (χ0n) is 10.8. The smallest absolute Gasteiger partial charge is 0.192 e. The van der Waals surface area contributed by atoms with Gasteiger partial charge in [-0.05, 0) is 25.5 Å². The highest BCUT2D eigenvalue weighted by atomic mass is 19.1. The molecule has 0 aliphatic heterocycles. The summed E-state index contributed by atoms with van der Waals surface area (Å²) < 4.78 is 26.8. The highest BCUT2D eigenvalue weighted by Gasteiger charge is 2.07. The molecule has 0 radical (unpaired) electrons. The maximum atomic E-state index is 13.4. The van der Waals surface area contributed by atoms with Crippen LogP contribution in [0.25, 0.3) is 0 Å². The molecule has 0 fully saturated rings. The third-order valence-corrected chi connectivity index (χ3v) is 2.40. The van der Waals surface area contributed by atoms with Crippen molar-refractivity contribution in [3.05, 3.63) is 35.4 Å². The lowest BCUT2D eigenvalue weighted by atomic mass is 10.1. The number of rotatable bonds is 5. The first-order chi connectivity index (χ1) is 9.19. The lowest BCUT2D eigenvalue weighted by Crippen LogP contribution is -2.37. The molecule has 0 aliphatic rings. The van der Waals surface area contributed by atoms with Gasteiger partial charge in [0.05, 0.1) is 6.54 Å². The maximum Gasteiger partial charge on any atom is 0.192 e. The van der Waals surface area contributed by atoms with Crippen LogP contribution in [-0.2, 0) is 6.42 Å². The Balaban J connectivity index is 2.61. The van der Waals surface area contributed by atoms with Crippen molar-refractivity contribution in [2.45, 2.75) is 13.3 Å². The molecule has 2 N–H and O–H groups in total. The first-order valence-corrected chi connectivity index (χ1v) is 6.07. The molecule has 5 heteroatoms. The van der Waals surface area contributed by atoms with E-state index in [0.717, 1.165) is 0 Å². The van der Waals surface area contributed by atoms with E-state index in [-0.39, 0.29) is 18.5 Å². The molecule has 0 saturated heterocycles. The number of guanidine groups is 1. The minimum atomic E-state index is -0.545. The molecule has 0 bridgehead atoms. The third-order valence-electron chi connectivity index (χ3n) is 2.40. The van der Waals surface area contributed by atoms with Gasteiger partial charge in [0.2, 0.25) is 0 Å². The van der Waals surface area contributed by atoms with Crippen LogP contribution in [0.5, 0.6) is 0 Å². The van der Waals surface area contributed by atoms with Gasteiger partial charge >= 0.3 is 0 Å². The van der Waals surface area contributed by atoms with Crippen molar-refractivity contribution in [3.63, 3.8) is 0 Å². The fraction of sp³-hybridized carbons (Fsp3) is 0.357. The average Bonchev–Trinajstić information content (AvgIpc) is 2.39. The van der Waals surface area contributed by atoms with E-state index in [4.69, 9.17) is 6.42 Å². The molecule has 1 rings (SSSR count). The second kappa shape index (κ2) is 8.09. The monoisotopic (exact) mass is 265 g/mol. The van der Waals surface area contributed by atoms with Gasteiger partial charge in [-0.2, -0.15) is 0 Å². The van der Waals surface area contributed by atoms with Crippen LogP contribution in [-0.4, -0.2) is 25.6 Å². The van der Waals surface area contributed by atoms with Crippen LogP contribution in [0.3, 0.4) is 0 Å². The minimum Gasteiger partial charge on any atom is -0.357 e. The number of hydrogen-bond donors (Lipinski definition) is 2. The van der Waals surface area contributed by atoms with Crippen molar-refractivity contribution in [1.29, 1.82) is 0 Å². The van der Waals surface area contributed by atoms with E-state index in [1.54, 1.807) is 0 Å². The minimum absolute atomic E-state index is 0.0547. The molecule has 1 aromatic carbocycles. The van der Waals surface area contributed by atoms with Crippen molar-refractivity contribution in [2.75, 3.05) is 19.6 Å².